The van der Waals surface area contributed by atoms with Crippen molar-refractivity contribution < 1.29 is 14.2 Å². The summed E-state index contributed by atoms with van der Waals surface area (Å²) in [5, 5.41) is 9.12. The van der Waals surface area contributed by atoms with Crippen LogP contribution in [0.25, 0.3) is 0 Å². The van der Waals surface area contributed by atoms with Gasteiger partial charge in [0, 0.05) is 13.7 Å². The first-order chi connectivity index (χ1) is 8.26. The molecule has 0 fully saturated rings. The fraction of sp³-hybridized carbons (Fsp3) is 0.462. The molecule has 0 aliphatic carbocycles. The van der Waals surface area contributed by atoms with Crippen molar-refractivity contribution in [1.29, 1.82) is 5.26 Å². The van der Waals surface area contributed by atoms with E-state index in [0.29, 0.717) is 24.5 Å². The van der Waals surface area contributed by atoms with Gasteiger partial charge in [-0.1, -0.05) is 6.07 Å². The van der Waals surface area contributed by atoms with Crippen molar-refractivity contribution in [1.82, 2.24) is 0 Å². The van der Waals surface area contributed by atoms with Gasteiger partial charge in [-0.2, -0.15) is 5.26 Å². The quantitative estimate of drug-likeness (QED) is 0.759. The summed E-state index contributed by atoms with van der Waals surface area (Å²) in [4.78, 5) is 0. The number of hydrogen-bond donors (Lipinski definition) is 0. The molecule has 1 atom stereocenters. The summed E-state index contributed by atoms with van der Waals surface area (Å²) in [6, 6.07) is 7.79. The molecule has 0 aliphatic heterocycles. The van der Waals surface area contributed by atoms with E-state index in [1.165, 1.54) is 0 Å². The Hall–Kier alpha value is -1.73. The molecule has 0 N–H and O–H groups in total. The number of rotatable bonds is 6. The Morgan fingerprint density at radius 2 is 1.88 bits per heavy atom. The molecule has 0 aromatic heterocycles. The SMILES string of the molecule is COCCC(C#N)c1ccc(OC)c(OC)c1. The van der Waals surface area contributed by atoms with E-state index in [-0.39, 0.29) is 5.92 Å². The lowest BCUT2D eigenvalue weighted by molar-refractivity contribution is 0.192. The predicted octanol–water partition coefficient (Wildman–Crippen LogP) is 2.35. The first-order valence-electron chi connectivity index (χ1n) is 5.37. The van der Waals surface area contributed by atoms with Gasteiger partial charge in [-0.3, -0.25) is 0 Å². The van der Waals surface area contributed by atoms with Gasteiger partial charge in [0.15, 0.2) is 11.5 Å². The van der Waals surface area contributed by atoms with Crippen molar-refractivity contribution in [2.75, 3.05) is 27.9 Å². The first-order valence-corrected chi connectivity index (χ1v) is 5.37. The van der Waals surface area contributed by atoms with Crippen LogP contribution in [0.2, 0.25) is 0 Å². The lowest BCUT2D eigenvalue weighted by Crippen LogP contribution is -2.01. The Morgan fingerprint density at radius 3 is 2.41 bits per heavy atom. The normalized spacial score (nSPS) is 11.6. The number of benzene rings is 1. The van der Waals surface area contributed by atoms with E-state index in [9.17, 15) is 0 Å². The molecule has 0 saturated heterocycles. The minimum Gasteiger partial charge on any atom is -0.493 e. The van der Waals surface area contributed by atoms with Crippen molar-refractivity contribution in [3.8, 4) is 17.6 Å². The van der Waals surface area contributed by atoms with Crippen LogP contribution in [0.5, 0.6) is 11.5 Å². The van der Waals surface area contributed by atoms with Crippen molar-refractivity contribution in [2.45, 2.75) is 12.3 Å². The second kappa shape index (κ2) is 6.77. The van der Waals surface area contributed by atoms with Crippen molar-refractivity contribution in [3.63, 3.8) is 0 Å². The molecule has 4 heteroatoms. The number of nitrogens with zero attached hydrogens (tertiary/aromatic N) is 1. The predicted molar refractivity (Wildman–Crippen MR) is 64.4 cm³/mol. The van der Waals surface area contributed by atoms with E-state index in [1.807, 2.05) is 18.2 Å². The maximum Gasteiger partial charge on any atom is 0.161 e. The van der Waals surface area contributed by atoms with Gasteiger partial charge in [0.25, 0.3) is 0 Å². The minimum absolute atomic E-state index is 0.185. The molecule has 0 bridgehead atoms. The van der Waals surface area contributed by atoms with Crippen LogP contribution < -0.4 is 9.47 Å². The molecule has 4 nitrogen and oxygen atoms in total. The maximum atomic E-state index is 9.12. The van der Waals surface area contributed by atoms with E-state index >= 15 is 0 Å². The van der Waals surface area contributed by atoms with Crippen molar-refractivity contribution >= 4 is 0 Å². The van der Waals surface area contributed by atoms with E-state index in [0.717, 1.165) is 5.56 Å². The van der Waals surface area contributed by atoms with Crippen molar-refractivity contribution in [3.05, 3.63) is 23.8 Å². The Balaban J connectivity index is 2.93. The Kier molecular flexibility index (Phi) is 5.31. The summed E-state index contributed by atoms with van der Waals surface area (Å²) in [6.07, 6.45) is 0.669. The average molecular weight is 235 g/mol. The van der Waals surface area contributed by atoms with Gasteiger partial charge >= 0.3 is 0 Å². The maximum absolute atomic E-state index is 9.12. The van der Waals surface area contributed by atoms with Crippen LogP contribution in [0.4, 0.5) is 0 Å². The molecule has 92 valence electrons. The van der Waals surface area contributed by atoms with Crippen LogP contribution in [0.15, 0.2) is 18.2 Å². The summed E-state index contributed by atoms with van der Waals surface area (Å²) in [7, 11) is 4.80. The summed E-state index contributed by atoms with van der Waals surface area (Å²) in [5.41, 5.74) is 0.919. The molecule has 0 amide bonds. The fourth-order valence-electron chi connectivity index (χ4n) is 1.61. The highest BCUT2D eigenvalue weighted by Crippen LogP contribution is 2.31. The average Bonchev–Trinajstić information content (AvgIpc) is 2.39. The monoisotopic (exact) mass is 235 g/mol. The molecule has 0 spiro atoms. The summed E-state index contributed by atoms with van der Waals surface area (Å²) >= 11 is 0. The van der Waals surface area contributed by atoms with Crippen LogP contribution in [-0.2, 0) is 4.74 Å². The number of nitriles is 1. The van der Waals surface area contributed by atoms with Gasteiger partial charge in [-0.15, -0.1) is 0 Å². The lowest BCUT2D eigenvalue weighted by Gasteiger charge is -2.12. The van der Waals surface area contributed by atoms with Crippen LogP contribution >= 0.6 is 0 Å². The molecule has 0 aliphatic rings. The largest absolute Gasteiger partial charge is 0.493 e. The standard InChI is InChI=1S/C13H17NO3/c1-15-7-6-11(9-14)10-4-5-12(16-2)13(8-10)17-3/h4-5,8,11H,6-7H2,1-3H3. The van der Waals surface area contributed by atoms with E-state index in [1.54, 1.807) is 21.3 Å². The van der Waals surface area contributed by atoms with E-state index in [4.69, 9.17) is 19.5 Å². The summed E-state index contributed by atoms with van der Waals surface area (Å²) in [5.74, 6) is 1.12. The molecule has 0 saturated carbocycles. The third-order valence-electron chi connectivity index (χ3n) is 2.58. The zero-order valence-corrected chi connectivity index (χ0v) is 10.4. The van der Waals surface area contributed by atoms with Crippen molar-refractivity contribution in [2.24, 2.45) is 0 Å². The van der Waals surface area contributed by atoms with Gasteiger partial charge in [0.2, 0.25) is 0 Å². The molecule has 0 radical (unpaired) electrons. The van der Waals surface area contributed by atoms with Gasteiger partial charge < -0.3 is 14.2 Å². The zero-order chi connectivity index (χ0) is 12.7. The Labute approximate surface area is 102 Å². The number of ether oxygens (including phenoxy) is 3. The third-order valence-corrected chi connectivity index (χ3v) is 2.58. The van der Waals surface area contributed by atoms with Gasteiger partial charge in [-0.25, -0.2) is 0 Å². The lowest BCUT2D eigenvalue weighted by atomic mass is 9.97. The van der Waals surface area contributed by atoms with E-state index < -0.39 is 0 Å². The van der Waals surface area contributed by atoms with Crippen LogP contribution in [0.1, 0.15) is 17.9 Å². The molecule has 1 aromatic rings. The molecular weight excluding hydrogens is 218 g/mol. The highest BCUT2D eigenvalue weighted by atomic mass is 16.5. The smallest absolute Gasteiger partial charge is 0.161 e. The molecular formula is C13H17NO3. The minimum atomic E-state index is -0.185. The topological polar surface area (TPSA) is 51.5 Å². The molecule has 1 rings (SSSR count). The summed E-state index contributed by atoms with van der Waals surface area (Å²) < 4.78 is 15.4. The van der Waals surface area contributed by atoms with Gasteiger partial charge in [0.1, 0.15) is 0 Å². The van der Waals surface area contributed by atoms with Crippen LogP contribution in [0, 0.1) is 11.3 Å². The van der Waals surface area contributed by atoms with Crippen LogP contribution in [-0.4, -0.2) is 27.9 Å². The number of methoxy groups -OCH3 is 3. The molecule has 1 aromatic carbocycles. The third kappa shape index (κ3) is 3.36. The second-order valence-electron chi connectivity index (χ2n) is 3.58. The molecule has 1 unspecified atom stereocenters. The highest BCUT2D eigenvalue weighted by molar-refractivity contribution is 5.44. The Morgan fingerprint density at radius 1 is 1.18 bits per heavy atom. The first kappa shape index (κ1) is 13.3. The zero-order valence-electron chi connectivity index (χ0n) is 10.4. The molecule has 17 heavy (non-hydrogen) atoms. The van der Waals surface area contributed by atoms with Gasteiger partial charge in [0.05, 0.1) is 26.2 Å². The molecule has 0 heterocycles. The highest BCUT2D eigenvalue weighted by Gasteiger charge is 2.13. The fourth-order valence-corrected chi connectivity index (χ4v) is 1.61. The van der Waals surface area contributed by atoms with Crippen LogP contribution in [0.3, 0.4) is 0 Å². The summed E-state index contributed by atoms with van der Waals surface area (Å²) in [6.45, 7) is 0.562. The number of hydrogen-bond acceptors (Lipinski definition) is 4. The Bertz CT molecular complexity index is 398. The second-order valence-corrected chi connectivity index (χ2v) is 3.58. The van der Waals surface area contributed by atoms with Gasteiger partial charge in [-0.05, 0) is 24.1 Å². The van der Waals surface area contributed by atoms with E-state index in [2.05, 4.69) is 6.07 Å².